The predicted molar refractivity (Wildman–Crippen MR) is 86.0 cm³/mol. The van der Waals surface area contributed by atoms with E-state index in [0.717, 1.165) is 13.0 Å². The van der Waals surface area contributed by atoms with Gasteiger partial charge in [-0.3, -0.25) is 9.69 Å². The van der Waals surface area contributed by atoms with Crippen molar-refractivity contribution in [1.29, 1.82) is 0 Å². The first-order valence-electron chi connectivity index (χ1n) is 8.03. The molecule has 1 saturated heterocycles. The lowest BCUT2D eigenvalue weighted by Crippen LogP contribution is -2.60. The third kappa shape index (κ3) is 3.89. The Balaban J connectivity index is 2.00. The summed E-state index contributed by atoms with van der Waals surface area (Å²) in [6.07, 6.45) is 7.30. The van der Waals surface area contributed by atoms with Gasteiger partial charge in [0.05, 0.1) is 6.04 Å². The van der Waals surface area contributed by atoms with E-state index in [2.05, 4.69) is 22.0 Å². The monoisotopic (exact) mass is 299 g/mol. The number of rotatable bonds is 6. The Morgan fingerprint density at radius 1 is 1.30 bits per heavy atom. The van der Waals surface area contributed by atoms with Crippen LogP contribution in [0.5, 0.6) is 0 Å². The van der Waals surface area contributed by atoms with Crippen molar-refractivity contribution in [2.24, 2.45) is 5.73 Å². The molecule has 1 saturated carbocycles. The normalized spacial score (nSPS) is 25.2. The van der Waals surface area contributed by atoms with Gasteiger partial charge in [-0.1, -0.05) is 26.2 Å². The Morgan fingerprint density at radius 2 is 1.95 bits per heavy atom. The van der Waals surface area contributed by atoms with Crippen LogP contribution in [0.2, 0.25) is 0 Å². The molecule has 1 aliphatic heterocycles. The van der Waals surface area contributed by atoms with Crippen LogP contribution in [0, 0.1) is 0 Å². The van der Waals surface area contributed by atoms with Crippen molar-refractivity contribution in [3.8, 4) is 0 Å². The van der Waals surface area contributed by atoms with Crippen LogP contribution >= 0.6 is 11.8 Å². The van der Waals surface area contributed by atoms with Crippen molar-refractivity contribution in [2.75, 3.05) is 31.1 Å². The highest BCUT2D eigenvalue weighted by Crippen LogP contribution is 2.34. The van der Waals surface area contributed by atoms with Crippen molar-refractivity contribution >= 4 is 17.7 Å². The number of nitrogens with zero attached hydrogens (tertiary/aromatic N) is 1. The second-order valence-corrected chi connectivity index (χ2v) is 7.35. The lowest BCUT2D eigenvalue weighted by Gasteiger charge is -2.48. The lowest BCUT2D eigenvalue weighted by molar-refractivity contribution is -0.120. The first kappa shape index (κ1) is 16.1. The van der Waals surface area contributed by atoms with Gasteiger partial charge in [-0.25, -0.2) is 0 Å². The molecule has 0 aromatic heterocycles. The molecule has 116 valence electrons. The van der Waals surface area contributed by atoms with Crippen LogP contribution in [0.3, 0.4) is 0 Å². The molecule has 0 spiro atoms. The molecular formula is C15H29N3OS. The topological polar surface area (TPSA) is 58.4 Å². The molecule has 0 aromatic rings. The van der Waals surface area contributed by atoms with E-state index in [1.165, 1.54) is 56.7 Å². The van der Waals surface area contributed by atoms with Gasteiger partial charge < -0.3 is 11.1 Å². The average molecular weight is 299 g/mol. The van der Waals surface area contributed by atoms with E-state index in [0.29, 0.717) is 0 Å². The molecule has 3 N–H and O–H groups in total. The van der Waals surface area contributed by atoms with Gasteiger partial charge in [0.1, 0.15) is 0 Å². The van der Waals surface area contributed by atoms with Crippen molar-refractivity contribution in [3.05, 3.63) is 0 Å². The highest BCUT2D eigenvalue weighted by atomic mass is 32.2. The Labute approximate surface area is 127 Å². The third-order valence-electron chi connectivity index (χ3n) is 4.90. The van der Waals surface area contributed by atoms with Crippen molar-refractivity contribution in [3.63, 3.8) is 0 Å². The second-order valence-electron chi connectivity index (χ2n) is 6.13. The first-order valence-corrected chi connectivity index (χ1v) is 9.19. The van der Waals surface area contributed by atoms with E-state index in [9.17, 15) is 4.79 Å². The lowest BCUT2D eigenvalue weighted by atomic mass is 9.79. The molecule has 1 heterocycles. The maximum Gasteiger partial charge on any atom is 0.234 e. The van der Waals surface area contributed by atoms with Crippen LogP contribution in [0.25, 0.3) is 0 Å². The standard InChI is InChI=1S/C15H29N3OS/c1-2-13(14(16)19)17-12-15(6-4-3-5-7-15)18-8-10-20-11-9-18/h13,17H,2-12H2,1H3,(H2,16,19)/t13-/m0/s1. The summed E-state index contributed by atoms with van der Waals surface area (Å²) >= 11 is 2.06. The fraction of sp³-hybridized carbons (Fsp3) is 0.933. The van der Waals surface area contributed by atoms with Crippen LogP contribution in [0.15, 0.2) is 0 Å². The van der Waals surface area contributed by atoms with Crippen LogP contribution in [0.4, 0.5) is 0 Å². The van der Waals surface area contributed by atoms with Crippen LogP contribution in [-0.2, 0) is 4.79 Å². The number of hydrogen-bond acceptors (Lipinski definition) is 4. The molecule has 20 heavy (non-hydrogen) atoms. The highest BCUT2D eigenvalue weighted by molar-refractivity contribution is 7.99. The minimum absolute atomic E-state index is 0.173. The van der Waals surface area contributed by atoms with E-state index in [1.807, 2.05) is 6.92 Å². The van der Waals surface area contributed by atoms with E-state index in [4.69, 9.17) is 5.73 Å². The van der Waals surface area contributed by atoms with Crippen molar-refractivity contribution < 1.29 is 4.79 Å². The molecular weight excluding hydrogens is 270 g/mol. The zero-order chi connectivity index (χ0) is 14.4. The largest absolute Gasteiger partial charge is 0.368 e. The van der Waals surface area contributed by atoms with Gasteiger partial charge >= 0.3 is 0 Å². The van der Waals surface area contributed by atoms with Gasteiger partial charge in [0.25, 0.3) is 0 Å². The van der Waals surface area contributed by atoms with Gasteiger partial charge in [0, 0.05) is 36.7 Å². The molecule has 0 bridgehead atoms. The first-order chi connectivity index (χ1) is 9.68. The molecule has 1 atom stereocenters. The number of thioether (sulfide) groups is 1. The fourth-order valence-electron chi connectivity index (χ4n) is 3.61. The van der Waals surface area contributed by atoms with Crippen LogP contribution < -0.4 is 11.1 Å². The van der Waals surface area contributed by atoms with E-state index >= 15 is 0 Å². The summed E-state index contributed by atoms with van der Waals surface area (Å²) in [4.78, 5) is 14.1. The molecule has 1 aliphatic carbocycles. The SMILES string of the molecule is CC[C@H](NCC1(N2CCSCC2)CCCCC1)C(N)=O. The van der Waals surface area contributed by atoms with Gasteiger partial charge in [0.2, 0.25) is 5.91 Å². The van der Waals surface area contributed by atoms with E-state index in [-0.39, 0.29) is 17.5 Å². The summed E-state index contributed by atoms with van der Waals surface area (Å²) in [6, 6.07) is -0.173. The summed E-state index contributed by atoms with van der Waals surface area (Å²) in [5.41, 5.74) is 5.73. The Bertz CT molecular complexity index is 312. The molecule has 0 unspecified atom stereocenters. The summed E-state index contributed by atoms with van der Waals surface area (Å²) in [6.45, 7) is 5.33. The number of amides is 1. The smallest absolute Gasteiger partial charge is 0.234 e. The Morgan fingerprint density at radius 3 is 2.50 bits per heavy atom. The number of primary amides is 1. The maximum absolute atomic E-state index is 11.4. The van der Waals surface area contributed by atoms with E-state index < -0.39 is 0 Å². The number of nitrogens with one attached hydrogen (secondary N) is 1. The minimum Gasteiger partial charge on any atom is -0.368 e. The summed E-state index contributed by atoms with van der Waals surface area (Å²) in [5.74, 6) is 2.27. The summed E-state index contributed by atoms with van der Waals surface area (Å²) in [7, 11) is 0. The molecule has 0 aromatic carbocycles. The quantitative estimate of drug-likeness (QED) is 0.782. The van der Waals surface area contributed by atoms with Crippen LogP contribution in [-0.4, -0.2) is 53.5 Å². The Hall–Kier alpha value is -0.260. The number of carbonyl (C=O) groups excluding carboxylic acids is 1. The molecule has 2 aliphatic rings. The van der Waals surface area contributed by atoms with Gasteiger partial charge in [-0.15, -0.1) is 0 Å². The Kier molecular flexibility index (Phi) is 6.18. The zero-order valence-electron chi connectivity index (χ0n) is 12.7. The predicted octanol–water partition coefficient (Wildman–Crippen LogP) is 1.59. The van der Waals surface area contributed by atoms with Crippen molar-refractivity contribution in [2.45, 2.75) is 57.0 Å². The van der Waals surface area contributed by atoms with Crippen LogP contribution in [0.1, 0.15) is 45.4 Å². The van der Waals surface area contributed by atoms with Crippen molar-refractivity contribution in [1.82, 2.24) is 10.2 Å². The molecule has 2 rings (SSSR count). The average Bonchev–Trinajstić information content (AvgIpc) is 2.49. The maximum atomic E-state index is 11.4. The number of nitrogens with two attached hydrogens (primary N) is 1. The molecule has 5 heteroatoms. The highest BCUT2D eigenvalue weighted by Gasteiger charge is 2.38. The summed E-state index contributed by atoms with van der Waals surface area (Å²) < 4.78 is 0. The molecule has 0 radical (unpaired) electrons. The number of hydrogen-bond donors (Lipinski definition) is 2. The summed E-state index contributed by atoms with van der Waals surface area (Å²) in [5, 5.41) is 3.45. The minimum atomic E-state index is -0.215. The fourth-order valence-corrected chi connectivity index (χ4v) is 4.51. The van der Waals surface area contributed by atoms with Gasteiger partial charge in [-0.05, 0) is 19.3 Å². The third-order valence-corrected chi connectivity index (χ3v) is 5.84. The molecule has 4 nitrogen and oxygen atoms in total. The second kappa shape index (κ2) is 7.66. The van der Waals surface area contributed by atoms with Gasteiger partial charge in [-0.2, -0.15) is 11.8 Å². The molecule has 2 fully saturated rings. The van der Waals surface area contributed by atoms with E-state index in [1.54, 1.807) is 0 Å². The molecule has 1 amide bonds. The number of carbonyl (C=O) groups is 1. The zero-order valence-corrected chi connectivity index (χ0v) is 13.5. The van der Waals surface area contributed by atoms with Gasteiger partial charge in [0.15, 0.2) is 0 Å².